The summed E-state index contributed by atoms with van der Waals surface area (Å²) in [6.45, 7) is 0. The second-order valence-electron chi connectivity index (χ2n) is 12.3. The molecule has 0 saturated carbocycles. The quantitative estimate of drug-likeness (QED) is 0.201. The van der Waals surface area contributed by atoms with Gasteiger partial charge in [-0.3, -0.25) is 4.57 Å². The fourth-order valence-electron chi connectivity index (χ4n) is 7.93. The monoisotopic (exact) mass is 600 g/mol. The Bertz CT molecular complexity index is 2570. The van der Waals surface area contributed by atoms with E-state index in [0.717, 1.165) is 61.2 Å². The van der Waals surface area contributed by atoms with Gasteiger partial charge in [0.15, 0.2) is 0 Å². The third kappa shape index (κ3) is 3.60. The van der Waals surface area contributed by atoms with Crippen LogP contribution >= 0.6 is 0 Å². The van der Waals surface area contributed by atoms with Gasteiger partial charge in [-0.15, -0.1) is 0 Å². The van der Waals surface area contributed by atoms with Gasteiger partial charge in [-0.25, -0.2) is 4.98 Å². The van der Waals surface area contributed by atoms with E-state index < -0.39 is 5.41 Å². The number of aromatic nitrogens is 2. The van der Waals surface area contributed by atoms with Crippen LogP contribution in [0.2, 0.25) is 0 Å². The number of rotatable bonds is 4. The third-order valence-electron chi connectivity index (χ3n) is 9.88. The van der Waals surface area contributed by atoms with E-state index in [4.69, 9.17) is 9.40 Å². The highest BCUT2D eigenvalue weighted by Gasteiger charge is 2.45. The molecule has 0 aliphatic carbocycles. The summed E-state index contributed by atoms with van der Waals surface area (Å²) in [6.07, 6.45) is 0. The van der Waals surface area contributed by atoms with Gasteiger partial charge in [0, 0.05) is 21.9 Å². The molecule has 1 aliphatic heterocycles. The molecule has 1 aliphatic rings. The average molecular weight is 601 g/mol. The molecule has 9 aromatic rings. The van der Waals surface area contributed by atoms with Crippen LogP contribution in [0.25, 0.3) is 61.2 Å². The molecule has 3 heteroatoms. The molecule has 0 fully saturated rings. The van der Waals surface area contributed by atoms with Gasteiger partial charge in [0.1, 0.15) is 17.0 Å². The highest BCUT2D eigenvalue weighted by Crippen LogP contribution is 2.54. The summed E-state index contributed by atoms with van der Waals surface area (Å²) in [6, 6.07) is 60.7. The number of hydrogen-bond acceptors (Lipinski definition) is 2. The Kier molecular flexibility index (Phi) is 5.49. The first-order valence-electron chi connectivity index (χ1n) is 16.1. The lowest BCUT2D eigenvalue weighted by Crippen LogP contribution is -2.35. The minimum absolute atomic E-state index is 0.598. The fourth-order valence-corrected chi connectivity index (χ4v) is 7.93. The highest BCUT2D eigenvalue weighted by atomic mass is 16.3. The van der Waals surface area contributed by atoms with Crippen LogP contribution in [0, 0.1) is 0 Å². The summed E-state index contributed by atoms with van der Waals surface area (Å²) in [5, 5.41) is 2.26. The van der Waals surface area contributed by atoms with E-state index >= 15 is 0 Å². The Morgan fingerprint density at radius 2 is 1.17 bits per heavy atom. The van der Waals surface area contributed by atoms with E-state index in [9.17, 15) is 0 Å². The predicted octanol–water partition coefficient (Wildman–Crippen LogP) is 11.0. The molecule has 3 heterocycles. The van der Waals surface area contributed by atoms with Crippen LogP contribution < -0.4 is 0 Å². The van der Waals surface area contributed by atoms with Gasteiger partial charge in [-0.2, -0.15) is 0 Å². The van der Waals surface area contributed by atoms with Crippen LogP contribution in [0.1, 0.15) is 22.3 Å². The van der Waals surface area contributed by atoms with Crippen molar-refractivity contribution in [3.8, 4) is 28.2 Å². The number of nitrogens with zero attached hydrogens (tertiary/aromatic N) is 2. The molecule has 10 rings (SSSR count). The predicted molar refractivity (Wildman–Crippen MR) is 191 cm³/mol. The first kappa shape index (κ1) is 26.1. The maximum Gasteiger partial charge on any atom is 0.145 e. The number of benzene rings is 7. The van der Waals surface area contributed by atoms with Crippen LogP contribution in [0.3, 0.4) is 0 Å². The SMILES string of the molecule is c1ccc(-c2nc3cccc4c3n2-c2ccc(-c3cccc5c3oc3ccccc35)cc2C4(c2ccccc2)c2ccccc2)cc1. The van der Waals surface area contributed by atoms with Crippen molar-refractivity contribution in [1.82, 2.24) is 9.55 Å². The molecule has 0 N–H and O–H groups in total. The Labute approximate surface area is 272 Å². The van der Waals surface area contributed by atoms with Crippen molar-refractivity contribution in [3.05, 3.63) is 192 Å². The zero-order valence-electron chi connectivity index (χ0n) is 25.5. The molecule has 0 radical (unpaired) electrons. The van der Waals surface area contributed by atoms with Gasteiger partial charge in [-0.05, 0) is 52.1 Å². The van der Waals surface area contributed by atoms with E-state index in [-0.39, 0.29) is 0 Å². The number of para-hydroxylation sites is 3. The van der Waals surface area contributed by atoms with E-state index in [1.165, 1.54) is 22.3 Å². The van der Waals surface area contributed by atoms with Crippen LogP contribution in [0.15, 0.2) is 174 Å². The van der Waals surface area contributed by atoms with E-state index in [1.807, 2.05) is 12.1 Å². The standard InChI is InChI=1S/C44H28N2O/c1-4-14-29(15-5-1)43-45-38-24-13-23-36-41(38)46(43)39-27-26-30(33-21-12-22-35-34-20-10-11-25-40(34)47-42(33)35)28-37(39)44(36,31-16-6-2-7-17-31)32-18-8-3-9-19-32/h1-28H. The van der Waals surface area contributed by atoms with Crippen LogP contribution in [-0.4, -0.2) is 9.55 Å². The highest BCUT2D eigenvalue weighted by molar-refractivity contribution is 6.09. The van der Waals surface area contributed by atoms with Gasteiger partial charge >= 0.3 is 0 Å². The summed E-state index contributed by atoms with van der Waals surface area (Å²) in [5.41, 5.74) is 12.6. The first-order chi connectivity index (χ1) is 23.3. The van der Waals surface area contributed by atoms with Gasteiger partial charge in [0.25, 0.3) is 0 Å². The van der Waals surface area contributed by atoms with Crippen LogP contribution in [-0.2, 0) is 5.41 Å². The Morgan fingerprint density at radius 3 is 1.94 bits per heavy atom. The summed E-state index contributed by atoms with van der Waals surface area (Å²) in [5.74, 6) is 0.941. The van der Waals surface area contributed by atoms with Gasteiger partial charge in [0.2, 0.25) is 0 Å². The number of hydrogen-bond donors (Lipinski definition) is 0. The second kappa shape index (κ2) is 9.90. The molecular weight excluding hydrogens is 572 g/mol. The summed E-state index contributed by atoms with van der Waals surface area (Å²) in [7, 11) is 0. The molecule has 0 unspecified atom stereocenters. The molecule has 0 bridgehead atoms. The number of imidazole rings is 1. The first-order valence-corrected chi connectivity index (χ1v) is 16.1. The molecular formula is C44H28N2O. The van der Waals surface area contributed by atoms with Crippen molar-refractivity contribution in [2.45, 2.75) is 5.41 Å². The van der Waals surface area contributed by atoms with Crippen molar-refractivity contribution in [1.29, 1.82) is 0 Å². The third-order valence-corrected chi connectivity index (χ3v) is 9.88. The molecule has 0 amide bonds. The molecule has 220 valence electrons. The maximum atomic E-state index is 6.56. The smallest absolute Gasteiger partial charge is 0.145 e. The molecule has 2 aromatic heterocycles. The summed E-state index contributed by atoms with van der Waals surface area (Å²) >= 11 is 0. The van der Waals surface area contributed by atoms with E-state index in [0.29, 0.717) is 0 Å². The average Bonchev–Trinajstić information content (AvgIpc) is 3.73. The van der Waals surface area contributed by atoms with Crippen molar-refractivity contribution >= 4 is 33.0 Å². The lowest BCUT2D eigenvalue weighted by molar-refractivity contribution is 0.670. The number of furan rings is 1. The zero-order valence-corrected chi connectivity index (χ0v) is 25.5. The van der Waals surface area contributed by atoms with Gasteiger partial charge in [-0.1, -0.05) is 146 Å². The van der Waals surface area contributed by atoms with Crippen molar-refractivity contribution in [3.63, 3.8) is 0 Å². The Morgan fingerprint density at radius 1 is 0.511 bits per heavy atom. The van der Waals surface area contributed by atoms with Crippen molar-refractivity contribution in [2.24, 2.45) is 0 Å². The minimum Gasteiger partial charge on any atom is -0.455 e. The van der Waals surface area contributed by atoms with Gasteiger partial charge in [0.05, 0.1) is 22.1 Å². The molecule has 0 atom stereocenters. The van der Waals surface area contributed by atoms with Crippen molar-refractivity contribution < 1.29 is 4.42 Å². The van der Waals surface area contributed by atoms with Crippen LogP contribution in [0.4, 0.5) is 0 Å². The molecule has 0 spiro atoms. The maximum absolute atomic E-state index is 6.56. The molecule has 3 nitrogen and oxygen atoms in total. The molecule has 47 heavy (non-hydrogen) atoms. The Hall–Kier alpha value is -6.19. The second-order valence-corrected chi connectivity index (χ2v) is 12.3. The van der Waals surface area contributed by atoms with Crippen molar-refractivity contribution in [2.75, 3.05) is 0 Å². The summed E-state index contributed by atoms with van der Waals surface area (Å²) < 4.78 is 8.94. The largest absolute Gasteiger partial charge is 0.455 e. The Balaban J connectivity index is 1.37. The summed E-state index contributed by atoms with van der Waals surface area (Å²) in [4.78, 5) is 5.30. The molecule has 7 aromatic carbocycles. The zero-order chi connectivity index (χ0) is 31.0. The number of fused-ring (bicyclic) bond motifs is 5. The normalized spacial score (nSPS) is 13.3. The van der Waals surface area contributed by atoms with E-state index in [2.05, 4.69) is 162 Å². The van der Waals surface area contributed by atoms with E-state index in [1.54, 1.807) is 0 Å². The van der Waals surface area contributed by atoms with Crippen LogP contribution in [0.5, 0.6) is 0 Å². The molecule has 0 saturated heterocycles. The van der Waals surface area contributed by atoms with Gasteiger partial charge < -0.3 is 4.42 Å². The minimum atomic E-state index is -0.598. The lowest BCUT2D eigenvalue weighted by Gasteiger charge is -2.41. The topological polar surface area (TPSA) is 31.0 Å². The fraction of sp³-hybridized carbons (Fsp3) is 0.0227. The lowest BCUT2D eigenvalue weighted by atomic mass is 9.63.